The number of hydrogen-bond donors (Lipinski definition) is 0. The van der Waals surface area contributed by atoms with E-state index in [1.807, 2.05) is 30.3 Å². The Bertz CT molecular complexity index is 60.4. The molecule has 0 saturated carbocycles. The van der Waals surface area contributed by atoms with Gasteiger partial charge in [-0.2, -0.15) is 18.2 Å². The maximum Gasteiger partial charge on any atom is -0.172 e. The van der Waals surface area contributed by atoms with Gasteiger partial charge in [0.15, 0.2) is 0 Å². The van der Waals surface area contributed by atoms with Gasteiger partial charge in [0.25, 0.3) is 0 Å². The largest absolute Gasteiger partial charge is 0.214 e. The summed E-state index contributed by atoms with van der Waals surface area (Å²) in [7, 11) is 0. The van der Waals surface area contributed by atoms with E-state index in [0.29, 0.717) is 0 Å². The minimum absolute atomic E-state index is 0. The van der Waals surface area contributed by atoms with Gasteiger partial charge in [-0.25, -0.2) is 12.1 Å². The Balaban J connectivity index is 0.000000250. The molecule has 38 valence electrons. The Labute approximate surface area is 50.3 Å². The van der Waals surface area contributed by atoms with Crippen LogP contribution in [0.5, 0.6) is 0 Å². The van der Waals surface area contributed by atoms with E-state index in [-0.39, 0.29) is 19.5 Å². The van der Waals surface area contributed by atoms with Crippen molar-refractivity contribution in [1.29, 1.82) is 0 Å². The Morgan fingerprint density at radius 1 is 1.00 bits per heavy atom. The summed E-state index contributed by atoms with van der Waals surface area (Å²) in [6, 6.07) is 10.0. The SMILES string of the molecule is [RuH4].c1cc[cH-]c1. The molecule has 0 bridgehead atoms. The summed E-state index contributed by atoms with van der Waals surface area (Å²) in [5.41, 5.74) is 0. The van der Waals surface area contributed by atoms with Crippen LogP contribution in [0, 0.1) is 0 Å². The molecule has 0 aliphatic carbocycles. The second-order valence-electron chi connectivity index (χ2n) is 0.962. The van der Waals surface area contributed by atoms with Crippen LogP contribution in [0.3, 0.4) is 0 Å². The Morgan fingerprint density at radius 2 is 1.50 bits per heavy atom. The molecule has 0 aliphatic rings. The Morgan fingerprint density at radius 3 is 1.67 bits per heavy atom. The van der Waals surface area contributed by atoms with E-state index >= 15 is 0 Å². The standard InChI is InChI=1S/C5H5.Ru.4H/c1-2-4-5-3-1;;;;;/h1-5H;;;;;/q-1;;;;;. The van der Waals surface area contributed by atoms with Crippen LogP contribution in [0.1, 0.15) is 0 Å². The zero-order chi connectivity index (χ0) is 3.54. The first kappa shape index (κ1) is 5.97. The molecule has 0 aliphatic heterocycles. The van der Waals surface area contributed by atoms with Gasteiger partial charge in [0.05, 0.1) is 0 Å². The van der Waals surface area contributed by atoms with Crippen molar-refractivity contribution in [3.05, 3.63) is 30.3 Å². The number of rotatable bonds is 0. The molecule has 0 amide bonds. The molecule has 0 nitrogen and oxygen atoms in total. The predicted molar refractivity (Wildman–Crippen MR) is 27.6 cm³/mol. The van der Waals surface area contributed by atoms with Gasteiger partial charge in [-0.1, -0.05) is 0 Å². The average Bonchev–Trinajstić information content (AvgIpc) is 1.76. The van der Waals surface area contributed by atoms with Crippen LogP contribution in [0.15, 0.2) is 30.3 Å². The van der Waals surface area contributed by atoms with Crippen molar-refractivity contribution in [2.75, 3.05) is 0 Å². The summed E-state index contributed by atoms with van der Waals surface area (Å²) in [5.74, 6) is 0. The molecule has 0 unspecified atom stereocenters. The molecule has 1 rings (SSSR count). The predicted octanol–water partition coefficient (Wildman–Crippen LogP) is 0.332. The summed E-state index contributed by atoms with van der Waals surface area (Å²) in [4.78, 5) is 0. The van der Waals surface area contributed by atoms with Crippen LogP contribution in [-0.2, 0) is 19.5 Å². The van der Waals surface area contributed by atoms with Crippen molar-refractivity contribution in [3.8, 4) is 0 Å². The van der Waals surface area contributed by atoms with Crippen molar-refractivity contribution >= 4 is 0 Å². The number of hydrogen-bond acceptors (Lipinski definition) is 0. The summed E-state index contributed by atoms with van der Waals surface area (Å²) < 4.78 is 0. The average molecular weight is 170 g/mol. The third-order valence-electron chi connectivity index (χ3n) is 0.556. The summed E-state index contributed by atoms with van der Waals surface area (Å²) in [6.45, 7) is 0. The second kappa shape index (κ2) is 3.17. The van der Waals surface area contributed by atoms with Crippen molar-refractivity contribution in [2.45, 2.75) is 0 Å². The van der Waals surface area contributed by atoms with Crippen molar-refractivity contribution in [1.82, 2.24) is 0 Å². The van der Waals surface area contributed by atoms with E-state index < -0.39 is 0 Å². The third-order valence-corrected chi connectivity index (χ3v) is 0.556. The van der Waals surface area contributed by atoms with Gasteiger partial charge in [0.2, 0.25) is 0 Å². The summed E-state index contributed by atoms with van der Waals surface area (Å²) >= 11 is 0. The van der Waals surface area contributed by atoms with Crippen LogP contribution in [0.4, 0.5) is 0 Å². The van der Waals surface area contributed by atoms with Gasteiger partial charge in [-0.3, -0.25) is 0 Å². The quantitative estimate of drug-likeness (QED) is 0.389. The zero-order valence-electron chi connectivity index (χ0n) is 3.39. The Hall–Kier alpha value is -0.0266. The molecule has 0 N–H and O–H groups in total. The monoisotopic (exact) mass is 171 g/mol. The molecule has 0 aromatic heterocycles. The van der Waals surface area contributed by atoms with E-state index in [0.717, 1.165) is 0 Å². The van der Waals surface area contributed by atoms with Gasteiger partial charge >= 0.3 is 19.5 Å². The molecule has 0 heterocycles. The van der Waals surface area contributed by atoms with Crippen molar-refractivity contribution < 1.29 is 19.5 Å². The normalized spacial score (nSPS) is 6.67. The summed E-state index contributed by atoms with van der Waals surface area (Å²) in [5, 5.41) is 0. The van der Waals surface area contributed by atoms with Crippen LogP contribution in [0.25, 0.3) is 0 Å². The van der Waals surface area contributed by atoms with Gasteiger partial charge < -0.3 is 0 Å². The molecular weight excluding hydrogens is 161 g/mol. The van der Waals surface area contributed by atoms with Crippen LogP contribution in [-0.4, -0.2) is 0 Å². The van der Waals surface area contributed by atoms with Crippen LogP contribution in [0.2, 0.25) is 0 Å². The fourth-order valence-corrected chi connectivity index (χ4v) is 0.321. The molecule has 0 saturated heterocycles. The van der Waals surface area contributed by atoms with E-state index in [4.69, 9.17) is 0 Å². The van der Waals surface area contributed by atoms with E-state index in [9.17, 15) is 0 Å². The van der Waals surface area contributed by atoms with E-state index in [1.54, 1.807) is 0 Å². The fraction of sp³-hybridized carbons (Fsp3) is 0. The van der Waals surface area contributed by atoms with Crippen molar-refractivity contribution in [3.63, 3.8) is 0 Å². The molecule has 1 aromatic rings. The Kier molecular flexibility index (Phi) is 3.16. The molecule has 0 atom stereocenters. The third kappa shape index (κ3) is 1.42. The van der Waals surface area contributed by atoms with Gasteiger partial charge in [-0.05, 0) is 0 Å². The summed E-state index contributed by atoms with van der Waals surface area (Å²) in [6.07, 6.45) is 0. The maximum atomic E-state index is 2.00. The molecule has 0 fully saturated rings. The first-order chi connectivity index (χ1) is 2.50. The first-order valence-corrected chi connectivity index (χ1v) is 1.67. The van der Waals surface area contributed by atoms with Crippen molar-refractivity contribution in [2.24, 2.45) is 0 Å². The maximum absolute atomic E-state index is 2.00. The molecule has 0 radical (unpaired) electrons. The van der Waals surface area contributed by atoms with Crippen LogP contribution >= 0.6 is 0 Å². The molecule has 1 heteroatoms. The molecule has 1 aromatic carbocycles. The smallest absolute Gasteiger partial charge is 0.172 e. The van der Waals surface area contributed by atoms with Gasteiger partial charge in [0, 0.05) is 0 Å². The van der Waals surface area contributed by atoms with E-state index in [1.165, 1.54) is 0 Å². The second-order valence-corrected chi connectivity index (χ2v) is 0.962. The van der Waals surface area contributed by atoms with Gasteiger partial charge in [0.1, 0.15) is 0 Å². The minimum atomic E-state index is 0. The first-order valence-electron chi connectivity index (χ1n) is 1.67. The molecule has 0 spiro atoms. The zero-order valence-corrected chi connectivity index (χ0v) is 5.84. The van der Waals surface area contributed by atoms with Gasteiger partial charge in [-0.15, -0.1) is 0 Å². The minimum Gasteiger partial charge on any atom is -0.214 e. The van der Waals surface area contributed by atoms with Crippen LogP contribution < -0.4 is 0 Å². The molecular formula is C5H9Ru-. The van der Waals surface area contributed by atoms with E-state index in [2.05, 4.69) is 0 Å². The molecule has 6 heavy (non-hydrogen) atoms. The fourth-order valence-electron chi connectivity index (χ4n) is 0.321. The topological polar surface area (TPSA) is 0 Å².